The molecule has 5 nitrogen and oxygen atoms in total. The van der Waals surface area contributed by atoms with Crippen molar-refractivity contribution in [3.05, 3.63) is 46.2 Å². The SMILES string of the molecule is CN=C(NCCCCOc1ccc(F)cc1)NCCc1csc(C)n1. The van der Waals surface area contributed by atoms with Crippen LogP contribution in [-0.4, -0.2) is 37.7 Å². The largest absolute Gasteiger partial charge is 0.494 e. The van der Waals surface area contributed by atoms with Crippen molar-refractivity contribution >= 4 is 17.3 Å². The number of aliphatic imine (C=N–C) groups is 1. The fourth-order valence-electron chi connectivity index (χ4n) is 2.21. The molecule has 0 saturated carbocycles. The van der Waals surface area contributed by atoms with E-state index in [4.69, 9.17) is 4.74 Å². The average Bonchev–Trinajstić information content (AvgIpc) is 3.03. The number of unbranched alkanes of at least 4 members (excludes halogenated alkanes) is 1. The lowest BCUT2D eigenvalue weighted by molar-refractivity contribution is 0.306. The lowest BCUT2D eigenvalue weighted by atomic mass is 10.3. The highest BCUT2D eigenvalue weighted by Crippen LogP contribution is 2.11. The molecule has 25 heavy (non-hydrogen) atoms. The van der Waals surface area contributed by atoms with E-state index in [-0.39, 0.29) is 5.82 Å². The van der Waals surface area contributed by atoms with Gasteiger partial charge in [-0.2, -0.15) is 0 Å². The maximum absolute atomic E-state index is 12.8. The summed E-state index contributed by atoms with van der Waals surface area (Å²) in [4.78, 5) is 8.65. The molecule has 7 heteroatoms. The first kappa shape index (κ1) is 19.2. The van der Waals surface area contributed by atoms with Crippen molar-refractivity contribution in [1.29, 1.82) is 0 Å². The van der Waals surface area contributed by atoms with Crippen LogP contribution in [0.15, 0.2) is 34.6 Å². The average molecular weight is 364 g/mol. The van der Waals surface area contributed by atoms with Gasteiger partial charge in [-0.1, -0.05) is 0 Å². The normalized spacial score (nSPS) is 11.4. The molecule has 0 radical (unpaired) electrons. The van der Waals surface area contributed by atoms with Crippen LogP contribution in [0.1, 0.15) is 23.5 Å². The molecule has 0 bridgehead atoms. The summed E-state index contributed by atoms with van der Waals surface area (Å²) in [6, 6.07) is 6.09. The van der Waals surface area contributed by atoms with Crippen LogP contribution in [0.2, 0.25) is 0 Å². The number of halogens is 1. The summed E-state index contributed by atoms with van der Waals surface area (Å²) < 4.78 is 18.4. The Balaban J connectivity index is 1.52. The van der Waals surface area contributed by atoms with Crippen molar-refractivity contribution in [2.75, 3.05) is 26.7 Å². The molecule has 0 fully saturated rings. The van der Waals surface area contributed by atoms with Crippen LogP contribution in [0.4, 0.5) is 4.39 Å². The van der Waals surface area contributed by atoms with Gasteiger partial charge in [0, 0.05) is 31.9 Å². The molecule has 0 atom stereocenters. The Morgan fingerprint density at radius 3 is 2.64 bits per heavy atom. The molecule has 0 aliphatic heterocycles. The van der Waals surface area contributed by atoms with E-state index in [0.717, 1.165) is 49.0 Å². The Labute approximate surface area is 152 Å². The van der Waals surface area contributed by atoms with Gasteiger partial charge in [0.15, 0.2) is 5.96 Å². The Bertz CT molecular complexity index is 657. The molecule has 0 unspecified atom stereocenters. The summed E-state index contributed by atoms with van der Waals surface area (Å²) in [7, 11) is 1.76. The quantitative estimate of drug-likeness (QED) is 0.408. The van der Waals surface area contributed by atoms with Gasteiger partial charge in [-0.05, 0) is 44.0 Å². The zero-order valence-electron chi connectivity index (χ0n) is 14.7. The van der Waals surface area contributed by atoms with Crippen molar-refractivity contribution in [2.45, 2.75) is 26.2 Å². The van der Waals surface area contributed by atoms with Gasteiger partial charge in [0.1, 0.15) is 11.6 Å². The molecule has 0 amide bonds. The topological polar surface area (TPSA) is 58.5 Å². The number of aromatic nitrogens is 1. The fourth-order valence-corrected chi connectivity index (χ4v) is 2.85. The molecule has 0 aliphatic carbocycles. The second-order valence-corrected chi connectivity index (χ2v) is 6.61. The second-order valence-electron chi connectivity index (χ2n) is 5.54. The first-order chi connectivity index (χ1) is 12.2. The van der Waals surface area contributed by atoms with E-state index in [1.807, 2.05) is 6.92 Å². The maximum atomic E-state index is 12.8. The number of rotatable bonds is 9. The molecular weight excluding hydrogens is 339 g/mol. The molecule has 136 valence electrons. The van der Waals surface area contributed by atoms with E-state index in [1.165, 1.54) is 12.1 Å². The van der Waals surface area contributed by atoms with E-state index in [9.17, 15) is 4.39 Å². The minimum atomic E-state index is -0.250. The molecule has 2 N–H and O–H groups in total. The van der Waals surface area contributed by atoms with E-state index in [1.54, 1.807) is 30.5 Å². The number of thiazole rings is 1. The number of nitrogens with zero attached hydrogens (tertiary/aromatic N) is 2. The Kier molecular flexibility index (Phi) is 8.18. The van der Waals surface area contributed by atoms with Crippen molar-refractivity contribution < 1.29 is 9.13 Å². The summed E-state index contributed by atoms with van der Waals surface area (Å²) in [5, 5.41) is 9.76. The standard InChI is InChI=1S/C18H25FN4OS/c1-14-23-16(13-25-14)9-11-22-18(20-2)21-10-3-4-12-24-17-7-5-15(19)6-8-17/h5-8,13H,3-4,9-12H2,1-2H3,(H2,20,21,22). The monoisotopic (exact) mass is 364 g/mol. The van der Waals surface area contributed by atoms with Gasteiger partial charge in [-0.3, -0.25) is 4.99 Å². The lowest BCUT2D eigenvalue weighted by Crippen LogP contribution is -2.38. The summed E-state index contributed by atoms with van der Waals surface area (Å²) in [6.07, 6.45) is 2.77. The van der Waals surface area contributed by atoms with Crippen LogP contribution in [0.3, 0.4) is 0 Å². The zero-order valence-corrected chi connectivity index (χ0v) is 15.5. The molecule has 0 saturated heterocycles. The summed E-state index contributed by atoms with van der Waals surface area (Å²) >= 11 is 1.67. The maximum Gasteiger partial charge on any atom is 0.190 e. The molecule has 1 aromatic carbocycles. The molecule has 2 rings (SSSR count). The number of hydrogen-bond acceptors (Lipinski definition) is 4. The summed E-state index contributed by atoms with van der Waals surface area (Å²) in [5.74, 6) is 1.25. The first-order valence-electron chi connectivity index (χ1n) is 8.41. The predicted octanol–water partition coefficient (Wildman–Crippen LogP) is 3.16. The van der Waals surface area contributed by atoms with Crippen LogP contribution in [-0.2, 0) is 6.42 Å². The molecule has 2 aromatic rings. The van der Waals surface area contributed by atoms with Gasteiger partial charge in [0.25, 0.3) is 0 Å². The Morgan fingerprint density at radius 1 is 1.20 bits per heavy atom. The first-order valence-corrected chi connectivity index (χ1v) is 9.29. The molecule has 0 spiro atoms. The van der Waals surface area contributed by atoms with Crippen LogP contribution < -0.4 is 15.4 Å². The molecular formula is C18H25FN4OS. The highest BCUT2D eigenvalue weighted by atomic mass is 32.1. The summed E-state index contributed by atoms with van der Waals surface area (Å²) in [6.45, 7) is 4.25. The minimum absolute atomic E-state index is 0.250. The lowest BCUT2D eigenvalue weighted by Gasteiger charge is -2.11. The molecule has 1 aromatic heterocycles. The number of aryl methyl sites for hydroxylation is 1. The number of benzene rings is 1. The number of hydrogen-bond donors (Lipinski definition) is 2. The third-order valence-corrected chi connectivity index (χ3v) is 4.33. The summed E-state index contributed by atoms with van der Waals surface area (Å²) in [5.41, 5.74) is 1.11. The zero-order chi connectivity index (χ0) is 17.9. The smallest absolute Gasteiger partial charge is 0.190 e. The Morgan fingerprint density at radius 2 is 1.96 bits per heavy atom. The predicted molar refractivity (Wildman–Crippen MR) is 101 cm³/mol. The van der Waals surface area contributed by atoms with Crippen molar-refractivity contribution in [2.24, 2.45) is 4.99 Å². The van der Waals surface area contributed by atoms with E-state index >= 15 is 0 Å². The second kappa shape index (κ2) is 10.7. The molecule has 0 aliphatic rings. The van der Waals surface area contributed by atoms with Crippen LogP contribution in [0, 0.1) is 12.7 Å². The van der Waals surface area contributed by atoms with Crippen molar-refractivity contribution in [1.82, 2.24) is 15.6 Å². The number of nitrogens with one attached hydrogen (secondary N) is 2. The van der Waals surface area contributed by atoms with Crippen LogP contribution in [0.5, 0.6) is 5.75 Å². The van der Waals surface area contributed by atoms with Gasteiger partial charge < -0.3 is 15.4 Å². The van der Waals surface area contributed by atoms with E-state index in [2.05, 4.69) is 26.0 Å². The van der Waals surface area contributed by atoms with Gasteiger partial charge in [0.2, 0.25) is 0 Å². The third-order valence-electron chi connectivity index (χ3n) is 3.51. The highest BCUT2D eigenvalue weighted by molar-refractivity contribution is 7.09. The van der Waals surface area contributed by atoms with Gasteiger partial charge in [0.05, 0.1) is 17.3 Å². The number of guanidine groups is 1. The minimum Gasteiger partial charge on any atom is -0.494 e. The van der Waals surface area contributed by atoms with Gasteiger partial charge in [-0.25, -0.2) is 9.37 Å². The fraction of sp³-hybridized carbons (Fsp3) is 0.444. The van der Waals surface area contributed by atoms with E-state index < -0.39 is 0 Å². The third kappa shape index (κ3) is 7.51. The Hall–Kier alpha value is -2.15. The highest BCUT2D eigenvalue weighted by Gasteiger charge is 2.01. The number of ether oxygens (including phenoxy) is 1. The van der Waals surface area contributed by atoms with Gasteiger partial charge >= 0.3 is 0 Å². The van der Waals surface area contributed by atoms with Crippen molar-refractivity contribution in [3.8, 4) is 5.75 Å². The van der Waals surface area contributed by atoms with E-state index in [0.29, 0.717) is 12.4 Å². The van der Waals surface area contributed by atoms with Crippen molar-refractivity contribution in [3.63, 3.8) is 0 Å². The van der Waals surface area contributed by atoms with Gasteiger partial charge in [-0.15, -0.1) is 11.3 Å². The van der Waals surface area contributed by atoms with Crippen LogP contribution in [0.25, 0.3) is 0 Å². The molecule has 1 heterocycles. The van der Waals surface area contributed by atoms with Crippen LogP contribution >= 0.6 is 11.3 Å².